The quantitative estimate of drug-likeness (QED) is 0.689. The Bertz CT molecular complexity index is 530. The summed E-state index contributed by atoms with van der Waals surface area (Å²) in [6.45, 7) is 1.99. The molecule has 0 atom stereocenters. The van der Waals surface area contributed by atoms with Crippen LogP contribution < -0.4 is 17.2 Å². The summed E-state index contributed by atoms with van der Waals surface area (Å²) in [6.07, 6.45) is 0.736. The molecular formula is C14H17N3. The summed E-state index contributed by atoms with van der Waals surface area (Å²) in [7, 11) is 0. The maximum Gasteiger partial charge on any atom is 0.0400 e. The Balaban J connectivity index is 2.36. The summed E-state index contributed by atoms with van der Waals surface area (Å²) in [5.74, 6) is 0. The van der Waals surface area contributed by atoms with Crippen molar-refractivity contribution in [2.24, 2.45) is 0 Å². The van der Waals surface area contributed by atoms with E-state index in [9.17, 15) is 0 Å². The second-order valence-electron chi connectivity index (χ2n) is 4.28. The fourth-order valence-electron chi connectivity index (χ4n) is 1.84. The number of anilines is 3. The molecule has 6 N–H and O–H groups in total. The Labute approximate surface area is 101 Å². The van der Waals surface area contributed by atoms with Crippen molar-refractivity contribution in [3.05, 3.63) is 53.1 Å². The molecule has 0 saturated heterocycles. The van der Waals surface area contributed by atoms with Gasteiger partial charge < -0.3 is 17.2 Å². The molecule has 0 spiro atoms. The van der Waals surface area contributed by atoms with Gasteiger partial charge in [0.25, 0.3) is 0 Å². The summed E-state index contributed by atoms with van der Waals surface area (Å²) in [5.41, 5.74) is 23.2. The first-order valence-electron chi connectivity index (χ1n) is 5.56. The molecule has 88 valence electrons. The van der Waals surface area contributed by atoms with E-state index < -0.39 is 0 Å². The van der Waals surface area contributed by atoms with E-state index in [1.165, 1.54) is 0 Å². The zero-order valence-corrected chi connectivity index (χ0v) is 9.90. The van der Waals surface area contributed by atoms with Gasteiger partial charge in [0.2, 0.25) is 0 Å². The molecule has 0 fully saturated rings. The van der Waals surface area contributed by atoms with Crippen LogP contribution in [0.3, 0.4) is 0 Å². The molecule has 0 aliphatic carbocycles. The molecule has 0 saturated carbocycles. The molecule has 0 aliphatic rings. The van der Waals surface area contributed by atoms with Crippen LogP contribution in [0.5, 0.6) is 0 Å². The highest BCUT2D eigenvalue weighted by Crippen LogP contribution is 2.26. The van der Waals surface area contributed by atoms with Crippen LogP contribution in [0, 0.1) is 6.92 Å². The Morgan fingerprint density at radius 3 is 2.18 bits per heavy atom. The number of nitrogen functional groups attached to an aromatic ring is 3. The second-order valence-corrected chi connectivity index (χ2v) is 4.28. The number of aryl methyl sites for hydroxylation is 1. The van der Waals surface area contributed by atoms with E-state index in [0.717, 1.165) is 40.2 Å². The van der Waals surface area contributed by atoms with E-state index >= 15 is 0 Å². The van der Waals surface area contributed by atoms with Crippen LogP contribution in [-0.2, 0) is 6.42 Å². The van der Waals surface area contributed by atoms with Crippen molar-refractivity contribution in [1.82, 2.24) is 0 Å². The van der Waals surface area contributed by atoms with E-state index in [1.54, 1.807) is 0 Å². The lowest BCUT2D eigenvalue weighted by Gasteiger charge is -2.12. The van der Waals surface area contributed by atoms with Gasteiger partial charge in [0.1, 0.15) is 0 Å². The average molecular weight is 227 g/mol. The molecule has 0 heterocycles. The summed E-state index contributed by atoms with van der Waals surface area (Å²) in [6, 6.07) is 11.6. The van der Waals surface area contributed by atoms with Gasteiger partial charge in [0.15, 0.2) is 0 Å². The van der Waals surface area contributed by atoms with Gasteiger partial charge in [-0.1, -0.05) is 18.2 Å². The highest BCUT2D eigenvalue weighted by atomic mass is 14.6. The van der Waals surface area contributed by atoms with E-state index in [-0.39, 0.29) is 0 Å². The van der Waals surface area contributed by atoms with Crippen molar-refractivity contribution in [3.63, 3.8) is 0 Å². The molecule has 3 nitrogen and oxygen atoms in total. The van der Waals surface area contributed by atoms with Crippen LogP contribution in [0.25, 0.3) is 0 Å². The molecule has 3 heteroatoms. The lowest BCUT2D eigenvalue weighted by atomic mass is 9.99. The zero-order valence-electron chi connectivity index (χ0n) is 9.90. The van der Waals surface area contributed by atoms with Gasteiger partial charge in [0.05, 0.1) is 0 Å². The second kappa shape index (κ2) is 4.37. The highest BCUT2D eigenvalue weighted by Gasteiger charge is 2.07. The number of nitrogens with two attached hydrogens (primary N) is 3. The van der Waals surface area contributed by atoms with Crippen LogP contribution in [0.15, 0.2) is 36.4 Å². The standard InChI is InChI=1S/C14H17N3/c1-9-2-7-13(16)12(14(9)17)8-10-3-5-11(15)6-4-10/h2-7H,8,15-17H2,1H3. The van der Waals surface area contributed by atoms with Gasteiger partial charge in [-0.2, -0.15) is 0 Å². The fourth-order valence-corrected chi connectivity index (χ4v) is 1.84. The lowest BCUT2D eigenvalue weighted by molar-refractivity contribution is 1.19. The van der Waals surface area contributed by atoms with Crippen LogP contribution >= 0.6 is 0 Å². The topological polar surface area (TPSA) is 78.1 Å². The van der Waals surface area contributed by atoms with Crippen molar-refractivity contribution in [2.75, 3.05) is 17.2 Å². The van der Waals surface area contributed by atoms with Crippen molar-refractivity contribution < 1.29 is 0 Å². The SMILES string of the molecule is Cc1ccc(N)c(Cc2ccc(N)cc2)c1N. The molecule has 2 aromatic rings. The van der Waals surface area contributed by atoms with Gasteiger partial charge in [-0.05, 0) is 36.2 Å². The normalized spacial score (nSPS) is 10.4. The molecule has 17 heavy (non-hydrogen) atoms. The molecule has 2 rings (SSSR count). The number of hydrogen-bond acceptors (Lipinski definition) is 3. The van der Waals surface area contributed by atoms with Gasteiger partial charge in [0, 0.05) is 29.0 Å². The fraction of sp³-hybridized carbons (Fsp3) is 0.143. The number of hydrogen-bond donors (Lipinski definition) is 3. The van der Waals surface area contributed by atoms with E-state index in [1.807, 2.05) is 43.3 Å². The third-order valence-electron chi connectivity index (χ3n) is 2.97. The van der Waals surface area contributed by atoms with Crippen molar-refractivity contribution in [3.8, 4) is 0 Å². The molecular weight excluding hydrogens is 210 g/mol. The molecule has 2 aromatic carbocycles. The molecule has 0 aromatic heterocycles. The van der Waals surface area contributed by atoms with Crippen molar-refractivity contribution >= 4 is 17.1 Å². The van der Waals surface area contributed by atoms with Gasteiger partial charge >= 0.3 is 0 Å². The van der Waals surface area contributed by atoms with Crippen LogP contribution in [0.4, 0.5) is 17.1 Å². The van der Waals surface area contributed by atoms with Crippen molar-refractivity contribution in [2.45, 2.75) is 13.3 Å². The van der Waals surface area contributed by atoms with Crippen LogP contribution in [-0.4, -0.2) is 0 Å². The Hall–Kier alpha value is -2.16. The summed E-state index contributed by atoms with van der Waals surface area (Å²) in [5, 5.41) is 0. The Kier molecular flexibility index (Phi) is 2.91. The van der Waals surface area contributed by atoms with Gasteiger partial charge in [-0.15, -0.1) is 0 Å². The summed E-state index contributed by atoms with van der Waals surface area (Å²) in [4.78, 5) is 0. The monoisotopic (exact) mass is 227 g/mol. The minimum atomic E-state index is 0.736. The Morgan fingerprint density at radius 2 is 1.53 bits per heavy atom. The first-order chi connectivity index (χ1) is 8.08. The average Bonchev–Trinajstić information content (AvgIpc) is 2.32. The summed E-state index contributed by atoms with van der Waals surface area (Å²) >= 11 is 0. The van der Waals surface area contributed by atoms with Gasteiger partial charge in [-0.25, -0.2) is 0 Å². The minimum absolute atomic E-state index is 0.736. The van der Waals surface area contributed by atoms with E-state index in [0.29, 0.717) is 0 Å². The molecule has 0 bridgehead atoms. The van der Waals surface area contributed by atoms with Crippen LogP contribution in [0.2, 0.25) is 0 Å². The Morgan fingerprint density at radius 1 is 0.882 bits per heavy atom. The molecule has 0 aliphatic heterocycles. The van der Waals surface area contributed by atoms with E-state index in [2.05, 4.69) is 0 Å². The summed E-state index contributed by atoms with van der Waals surface area (Å²) < 4.78 is 0. The maximum absolute atomic E-state index is 6.06. The molecule has 0 amide bonds. The minimum Gasteiger partial charge on any atom is -0.399 e. The lowest BCUT2D eigenvalue weighted by Crippen LogP contribution is -2.03. The smallest absolute Gasteiger partial charge is 0.0400 e. The first kappa shape index (κ1) is 11.3. The molecule has 0 unspecified atom stereocenters. The maximum atomic E-state index is 6.06. The highest BCUT2D eigenvalue weighted by molar-refractivity contribution is 5.66. The zero-order chi connectivity index (χ0) is 12.4. The molecule has 0 radical (unpaired) electrons. The van der Waals surface area contributed by atoms with Crippen molar-refractivity contribution in [1.29, 1.82) is 0 Å². The van der Waals surface area contributed by atoms with Gasteiger partial charge in [-0.3, -0.25) is 0 Å². The number of rotatable bonds is 2. The third-order valence-corrected chi connectivity index (χ3v) is 2.97. The predicted octanol–water partition coefficient (Wildman–Crippen LogP) is 2.33. The largest absolute Gasteiger partial charge is 0.399 e. The predicted molar refractivity (Wildman–Crippen MR) is 73.7 cm³/mol. The number of benzene rings is 2. The van der Waals surface area contributed by atoms with E-state index in [4.69, 9.17) is 17.2 Å². The third kappa shape index (κ3) is 2.33. The van der Waals surface area contributed by atoms with Crippen LogP contribution in [0.1, 0.15) is 16.7 Å². The first-order valence-corrected chi connectivity index (χ1v) is 5.56.